The molecule has 0 fully saturated rings. The Morgan fingerprint density at radius 3 is 2.41 bits per heavy atom. The Labute approximate surface area is 105 Å². The standard InChI is InChI=1S/C16H21N/c1-4-10-16(17(5-2)6-3)14-13-15-11-8-7-9-12-15/h4,7-9,11-12,16H,1,5-6,10H2,2-3H3/t16-/m1/s1. The second kappa shape index (κ2) is 7.70. The third-order valence-electron chi connectivity index (χ3n) is 2.80. The first-order chi connectivity index (χ1) is 8.31. The highest BCUT2D eigenvalue weighted by molar-refractivity contribution is 5.35. The molecule has 0 radical (unpaired) electrons. The molecule has 0 spiro atoms. The fraction of sp³-hybridized carbons (Fsp3) is 0.375. The van der Waals surface area contributed by atoms with Gasteiger partial charge in [0.25, 0.3) is 0 Å². The molecule has 1 nitrogen and oxygen atoms in total. The van der Waals surface area contributed by atoms with E-state index in [4.69, 9.17) is 0 Å². The molecule has 0 bridgehead atoms. The zero-order chi connectivity index (χ0) is 12.5. The minimum absolute atomic E-state index is 0.280. The minimum atomic E-state index is 0.280. The molecule has 1 atom stereocenters. The Kier molecular flexibility index (Phi) is 6.14. The van der Waals surface area contributed by atoms with E-state index in [9.17, 15) is 0 Å². The largest absolute Gasteiger partial charge is 0.290 e. The summed E-state index contributed by atoms with van der Waals surface area (Å²) in [6.07, 6.45) is 2.87. The van der Waals surface area contributed by atoms with E-state index in [0.29, 0.717) is 0 Å². The van der Waals surface area contributed by atoms with Gasteiger partial charge in [0.05, 0.1) is 6.04 Å². The molecule has 0 N–H and O–H groups in total. The van der Waals surface area contributed by atoms with Crippen molar-refractivity contribution in [1.82, 2.24) is 4.90 Å². The van der Waals surface area contributed by atoms with Crippen molar-refractivity contribution in [2.45, 2.75) is 26.3 Å². The summed E-state index contributed by atoms with van der Waals surface area (Å²) >= 11 is 0. The maximum absolute atomic E-state index is 3.81. The van der Waals surface area contributed by atoms with Gasteiger partial charge in [0.2, 0.25) is 0 Å². The maximum Gasteiger partial charge on any atom is 0.0752 e. The lowest BCUT2D eigenvalue weighted by Gasteiger charge is -2.24. The van der Waals surface area contributed by atoms with Crippen LogP contribution in [0.15, 0.2) is 43.0 Å². The molecule has 0 heterocycles. The van der Waals surface area contributed by atoms with Crippen LogP contribution in [0, 0.1) is 11.8 Å². The molecule has 1 rings (SSSR count). The highest BCUT2D eigenvalue weighted by Crippen LogP contribution is 2.04. The zero-order valence-corrected chi connectivity index (χ0v) is 10.8. The average Bonchev–Trinajstić information content (AvgIpc) is 2.38. The molecule has 90 valence electrons. The molecule has 1 aromatic carbocycles. The van der Waals surface area contributed by atoms with Crippen LogP contribution < -0.4 is 0 Å². The summed E-state index contributed by atoms with van der Waals surface area (Å²) in [5, 5.41) is 0. The van der Waals surface area contributed by atoms with Crippen molar-refractivity contribution in [1.29, 1.82) is 0 Å². The van der Waals surface area contributed by atoms with Crippen molar-refractivity contribution in [3.8, 4) is 11.8 Å². The van der Waals surface area contributed by atoms with E-state index in [1.54, 1.807) is 0 Å². The van der Waals surface area contributed by atoms with Crippen LogP contribution in [0.4, 0.5) is 0 Å². The van der Waals surface area contributed by atoms with E-state index < -0.39 is 0 Å². The van der Waals surface area contributed by atoms with Crippen LogP contribution in [0.25, 0.3) is 0 Å². The molecule has 0 saturated carbocycles. The molecule has 0 aliphatic rings. The van der Waals surface area contributed by atoms with Gasteiger partial charge in [-0.15, -0.1) is 6.58 Å². The molecular weight excluding hydrogens is 206 g/mol. The summed E-state index contributed by atoms with van der Waals surface area (Å²) in [6.45, 7) is 10.2. The average molecular weight is 227 g/mol. The summed E-state index contributed by atoms with van der Waals surface area (Å²) in [5.74, 6) is 6.58. The number of benzene rings is 1. The normalized spacial score (nSPS) is 11.7. The van der Waals surface area contributed by atoms with E-state index in [1.807, 2.05) is 36.4 Å². The Balaban J connectivity index is 2.79. The SMILES string of the molecule is C=CC[C@H](C#Cc1ccccc1)N(CC)CC. The zero-order valence-electron chi connectivity index (χ0n) is 10.8. The van der Waals surface area contributed by atoms with Gasteiger partial charge in [-0.05, 0) is 31.6 Å². The number of rotatable bonds is 5. The Bertz CT molecular complexity index is 379. The first kappa shape index (κ1) is 13.5. The van der Waals surface area contributed by atoms with E-state index in [0.717, 1.165) is 25.1 Å². The quantitative estimate of drug-likeness (QED) is 0.551. The smallest absolute Gasteiger partial charge is 0.0752 e. The van der Waals surface area contributed by atoms with Gasteiger partial charge in [-0.2, -0.15) is 0 Å². The maximum atomic E-state index is 3.81. The second-order valence-electron chi connectivity index (χ2n) is 3.90. The number of nitrogens with zero attached hydrogens (tertiary/aromatic N) is 1. The van der Waals surface area contributed by atoms with Crippen molar-refractivity contribution < 1.29 is 0 Å². The third-order valence-corrected chi connectivity index (χ3v) is 2.80. The molecule has 0 amide bonds. The van der Waals surface area contributed by atoms with Gasteiger partial charge in [0, 0.05) is 5.56 Å². The summed E-state index contributed by atoms with van der Waals surface area (Å²) in [6, 6.07) is 10.4. The number of hydrogen-bond donors (Lipinski definition) is 0. The molecule has 1 heteroatoms. The van der Waals surface area contributed by atoms with Crippen molar-refractivity contribution in [3.63, 3.8) is 0 Å². The lowest BCUT2D eigenvalue weighted by molar-refractivity contribution is 0.262. The van der Waals surface area contributed by atoms with Crippen LogP contribution in [-0.2, 0) is 0 Å². The van der Waals surface area contributed by atoms with Crippen LogP contribution >= 0.6 is 0 Å². The van der Waals surface area contributed by atoms with Gasteiger partial charge in [0.1, 0.15) is 0 Å². The second-order valence-corrected chi connectivity index (χ2v) is 3.90. The predicted molar refractivity (Wildman–Crippen MR) is 74.8 cm³/mol. The molecular formula is C16H21N. The van der Waals surface area contributed by atoms with Crippen LogP contribution in [0.2, 0.25) is 0 Å². The van der Waals surface area contributed by atoms with Crippen LogP contribution in [0.5, 0.6) is 0 Å². The lowest BCUT2D eigenvalue weighted by atomic mass is 10.1. The van der Waals surface area contributed by atoms with Crippen molar-refractivity contribution in [3.05, 3.63) is 48.6 Å². The van der Waals surface area contributed by atoms with Crippen LogP contribution in [0.3, 0.4) is 0 Å². The highest BCUT2D eigenvalue weighted by Gasteiger charge is 2.10. The fourth-order valence-electron chi connectivity index (χ4n) is 1.81. The highest BCUT2D eigenvalue weighted by atomic mass is 15.1. The summed E-state index contributed by atoms with van der Waals surface area (Å²) in [5.41, 5.74) is 1.08. The van der Waals surface area contributed by atoms with E-state index >= 15 is 0 Å². The van der Waals surface area contributed by atoms with Gasteiger partial charge in [-0.1, -0.05) is 50.0 Å². The first-order valence-electron chi connectivity index (χ1n) is 6.23. The molecule has 0 saturated heterocycles. The van der Waals surface area contributed by atoms with Gasteiger partial charge in [0.15, 0.2) is 0 Å². The van der Waals surface area contributed by atoms with Crippen LogP contribution in [0.1, 0.15) is 25.8 Å². The summed E-state index contributed by atoms with van der Waals surface area (Å²) in [4.78, 5) is 2.36. The summed E-state index contributed by atoms with van der Waals surface area (Å²) < 4.78 is 0. The topological polar surface area (TPSA) is 3.24 Å². The Hall–Kier alpha value is -1.52. The molecule has 0 aromatic heterocycles. The molecule has 0 aliphatic heterocycles. The Morgan fingerprint density at radius 1 is 1.24 bits per heavy atom. The number of hydrogen-bond acceptors (Lipinski definition) is 1. The third kappa shape index (κ3) is 4.46. The van der Waals surface area contributed by atoms with Gasteiger partial charge in [-0.3, -0.25) is 4.90 Å². The van der Waals surface area contributed by atoms with Gasteiger partial charge in [-0.25, -0.2) is 0 Å². The van der Waals surface area contributed by atoms with Crippen LogP contribution in [-0.4, -0.2) is 24.0 Å². The minimum Gasteiger partial charge on any atom is -0.290 e. The molecule has 1 aromatic rings. The predicted octanol–water partition coefficient (Wildman–Crippen LogP) is 3.32. The van der Waals surface area contributed by atoms with E-state index in [1.165, 1.54) is 0 Å². The summed E-state index contributed by atoms with van der Waals surface area (Å²) in [7, 11) is 0. The fourth-order valence-corrected chi connectivity index (χ4v) is 1.81. The van der Waals surface area contributed by atoms with Gasteiger partial charge >= 0.3 is 0 Å². The lowest BCUT2D eigenvalue weighted by Crippen LogP contribution is -2.33. The van der Waals surface area contributed by atoms with Crippen molar-refractivity contribution in [2.75, 3.05) is 13.1 Å². The van der Waals surface area contributed by atoms with Gasteiger partial charge < -0.3 is 0 Å². The molecule has 0 aliphatic carbocycles. The Morgan fingerprint density at radius 2 is 1.88 bits per heavy atom. The van der Waals surface area contributed by atoms with Crippen molar-refractivity contribution in [2.24, 2.45) is 0 Å². The van der Waals surface area contributed by atoms with E-state index in [-0.39, 0.29) is 6.04 Å². The first-order valence-corrected chi connectivity index (χ1v) is 6.23. The monoisotopic (exact) mass is 227 g/mol. The molecule has 17 heavy (non-hydrogen) atoms. The van der Waals surface area contributed by atoms with Crippen molar-refractivity contribution >= 4 is 0 Å². The van der Waals surface area contributed by atoms with E-state index in [2.05, 4.69) is 37.2 Å². The molecule has 0 unspecified atom stereocenters.